The van der Waals surface area contributed by atoms with Gasteiger partial charge in [-0.1, -0.05) is 0 Å². The fourth-order valence-corrected chi connectivity index (χ4v) is 1.47. The molecule has 0 aliphatic heterocycles. The average molecular weight is 253 g/mol. The van der Waals surface area contributed by atoms with Crippen LogP contribution in [0, 0.1) is 0 Å². The maximum atomic E-state index is 12.3. The third-order valence-corrected chi connectivity index (χ3v) is 2.42. The summed E-state index contributed by atoms with van der Waals surface area (Å²) in [5, 5.41) is 0. The Hall–Kier alpha value is -1.73. The van der Waals surface area contributed by atoms with Gasteiger partial charge < -0.3 is 15.1 Å². The van der Waals surface area contributed by atoms with Crippen LogP contribution in [0.5, 0.6) is 0 Å². The first-order valence-electron chi connectivity index (χ1n) is 5.68. The third kappa shape index (κ3) is 3.64. The number of amides is 1. The molecule has 7 nitrogen and oxygen atoms in total. The molecule has 0 aliphatic rings. The van der Waals surface area contributed by atoms with Gasteiger partial charge in [-0.25, -0.2) is 10.8 Å². The Balaban J connectivity index is 2.87. The van der Waals surface area contributed by atoms with E-state index >= 15 is 0 Å². The predicted molar refractivity (Wildman–Crippen MR) is 67.9 cm³/mol. The van der Waals surface area contributed by atoms with E-state index in [1.807, 2.05) is 13.8 Å². The number of carbonyl (C=O) groups is 1. The minimum absolute atomic E-state index is 0.0592. The molecule has 1 rings (SSSR count). The van der Waals surface area contributed by atoms with E-state index in [0.717, 1.165) is 0 Å². The van der Waals surface area contributed by atoms with Gasteiger partial charge >= 0.3 is 0 Å². The summed E-state index contributed by atoms with van der Waals surface area (Å²) in [6.07, 6.45) is 2.87. The van der Waals surface area contributed by atoms with Crippen molar-refractivity contribution in [3.05, 3.63) is 18.1 Å². The van der Waals surface area contributed by atoms with Crippen molar-refractivity contribution >= 4 is 11.7 Å². The molecule has 0 bridgehead atoms. The number of carbonyl (C=O) groups excluding carboxylic acids is 1. The molecule has 0 aromatic carbocycles. The Bertz CT molecular complexity index is 397. The van der Waals surface area contributed by atoms with Gasteiger partial charge in [0, 0.05) is 19.7 Å². The van der Waals surface area contributed by atoms with E-state index in [2.05, 4.69) is 15.4 Å². The molecular weight excluding hydrogens is 234 g/mol. The van der Waals surface area contributed by atoms with Crippen molar-refractivity contribution < 1.29 is 9.53 Å². The van der Waals surface area contributed by atoms with Gasteiger partial charge in [-0.15, -0.1) is 0 Å². The zero-order valence-electron chi connectivity index (χ0n) is 10.9. The molecule has 3 N–H and O–H groups in total. The fraction of sp³-hybridized carbons (Fsp3) is 0.545. The molecule has 0 spiro atoms. The second-order valence-electron chi connectivity index (χ2n) is 4.02. The molecule has 0 aliphatic carbocycles. The van der Waals surface area contributed by atoms with Crippen LogP contribution in [-0.4, -0.2) is 47.1 Å². The van der Waals surface area contributed by atoms with Gasteiger partial charge in [-0.3, -0.25) is 9.78 Å². The van der Waals surface area contributed by atoms with Crippen LogP contribution >= 0.6 is 0 Å². The number of hydrogen-bond donors (Lipinski definition) is 2. The molecule has 0 radical (unpaired) electrons. The van der Waals surface area contributed by atoms with Crippen LogP contribution in [0.15, 0.2) is 12.4 Å². The zero-order chi connectivity index (χ0) is 13.5. The number of nitrogens with two attached hydrogens (primary N) is 1. The molecule has 0 saturated carbocycles. The van der Waals surface area contributed by atoms with Gasteiger partial charge in [-0.05, 0) is 13.8 Å². The van der Waals surface area contributed by atoms with Crippen molar-refractivity contribution in [2.75, 3.05) is 25.7 Å². The molecule has 7 heteroatoms. The molecule has 18 heavy (non-hydrogen) atoms. The SMILES string of the molecule is COCCN(C(=O)c1cncc(NN)n1)C(C)C. The van der Waals surface area contributed by atoms with Crippen LogP contribution in [0.3, 0.4) is 0 Å². The lowest BCUT2D eigenvalue weighted by Gasteiger charge is -2.26. The fourth-order valence-electron chi connectivity index (χ4n) is 1.47. The second kappa shape index (κ2) is 6.87. The van der Waals surface area contributed by atoms with E-state index in [4.69, 9.17) is 10.6 Å². The normalized spacial score (nSPS) is 10.5. The monoisotopic (exact) mass is 253 g/mol. The van der Waals surface area contributed by atoms with E-state index in [0.29, 0.717) is 19.0 Å². The second-order valence-corrected chi connectivity index (χ2v) is 4.02. The molecule has 0 unspecified atom stereocenters. The molecule has 1 aromatic rings. The number of rotatable bonds is 6. The number of nitrogens with one attached hydrogen (secondary N) is 1. The number of anilines is 1. The van der Waals surface area contributed by atoms with E-state index < -0.39 is 0 Å². The lowest BCUT2D eigenvalue weighted by atomic mass is 10.2. The summed E-state index contributed by atoms with van der Waals surface area (Å²) < 4.78 is 4.99. The number of nitrogen functional groups attached to an aromatic ring is 1. The summed E-state index contributed by atoms with van der Waals surface area (Å²) in [7, 11) is 1.60. The van der Waals surface area contributed by atoms with Crippen molar-refractivity contribution in [2.45, 2.75) is 19.9 Å². The molecule has 1 aromatic heterocycles. The van der Waals surface area contributed by atoms with Crippen molar-refractivity contribution in [2.24, 2.45) is 5.84 Å². The largest absolute Gasteiger partial charge is 0.383 e. The van der Waals surface area contributed by atoms with E-state index in [1.54, 1.807) is 12.0 Å². The van der Waals surface area contributed by atoms with Gasteiger partial charge in [0.2, 0.25) is 0 Å². The lowest BCUT2D eigenvalue weighted by Crippen LogP contribution is -2.39. The summed E-state index contributed by atoms with van der Waals surface area (Å²) in [6.45, 7) is 4.86. The highest BCUT2D eigenvalue weighted by molar-refractivity contribution is 5.92. The molecular formula is C11H19N5O2. The highest BCUT2D eigenvalue weighted by Crippen LogP contribution is 2.07. The summed E-state index contributed by atoms with van der Waals surface area (Å²) in [4.78, 5) is 21.9. The third-order valence-electron chi connectivity index (χ3n) is 2.42. The quantitative estimate of drug-likeness (QED) is 0.558. The van der Waals surface area contributed by atoms with Gasteiger partial charge in [0.1, 0.15) is 5.69 Å². The maximum Gasteiger partial charge on any atom is 0.274 e. The minimum atomic E-state index is -0.188. The molecule has 0 atom stereocenters. The molecule has 1 heterocycles. The molecule has 1 amide bonds. The van der Waals surface area contributed by atoms with Crippen LogP contribution in [-0.2, 0) is 4.74 Å². The van der Waals surface area contributed by atoms with E-state index in [1.165, 1.54) is 12.4 Å². The first kappa shape index (κ1) is 14.3. The topological polar surface area (TPSA) is 93.4 Å². The van der Waals surface area contributed by atoms with Crippen LogP contribution in [0.4, 0.5) is 5.82 Å². The van der Waals surface area contributed by atoms with Crippen LogP contribution in [0.25, 0.3) is 0 Å². The highest BCUT2D eigenvalue weighted by atomic mass is 16.5. The van der Waals surface area contributed by atoms with Gasteiger partial charge in [-0.2, -0.15) is 0 Å². The number of ether oxygens (including phenoxy) is 1. The van der Waals surface area contributed by atoms with E-state index in [9.17, 15) is 4.79 Å². The maximum absolute atomic E-state index is 12.3. The Morgan fingerprint density at radius 1 is 1.56 bits per heavy atom. The van der Waals surface area contributed by atoms with Crippen LogP contribution in [0.2, 0.25) is 0 Å². The molecule has 100 valence electrons. The van der Waals surface area contributed by atoms with Crippen LogP contribution in [0.1, 0.15) is 24.3 Å². The van der Waals surface area contributed by atoms with Gasteiger partial charge in [0.15, 0.2) is 5.82 Å². The Morgan fingerprint density at radius 3 is 2.83 bits per heavy atom. The number of methoxy groups -OCH3 is 1. The Morgan fingerprint density at radius 2 is 2.28 bits per heavy atom. The lowest BCUT2D eigenvalue weighted by molar-refractivity contribution is 0.0629. The number of hydrogen-bond acceptors (Lipinski definition) is 6. The predicted octanol–water partition coefficient (Wildman–Crippen LogP) is 0.259. The standard InChI is InChI=1S/C11H19N5O2/c1-8(2)16(4-5-18-3)11(17)9-6-13-7-10(14-9)15-12/h6-8H,4-5,12H2,1-3H3,(H,14,15). The van der Waals surface area contributed by atoms with Crippen LogP contribution < -0.4 is 11.3 Å². The Labute approximate surface area is 106 Å². The summed E-state index contributed by atoms with van der Waals surface area (Å²) in [5.74, 6) is 5.41. The van der Waals surface area contributed by atoms with Crippen molar-refractivity contribution in [1.29, 1.82) is 0 Å². The van der Waals surface area contributed by atoms with Crippen molar-refractivity contribution in [1.82, 2.24) is 14.9 Å². The number of hydrazine groups is 1. The zero-order valence-corrected chi connectivity index (χ0v) is 10.9. The summed E-state index contributed by atoms with van der Waals surface area (Å²) in [5.41, 5.74) is 2.62. The molecule has 0 fully saturated rings. The van der Waals surface area contributed by atoms with Crippen molar-refractivity contribution in [3.63, 3.8) is 0 Å². The molecule has 0 saturated heterocycles. The summed E-state index contributed by atoms with van der Waals surface area (Å²) >= 11 is 0. The number of nitrogens with zero attached hydrogens (tertiary/aromatic N) is 3. The minimum Gasteiger partial charge on any atom is -0.383 e. The van der Waals surface area contributed by atoms with E-state index in [-0.39, 0.29) is 17.6 Å². The first-order valence-corrected chi connectivity index (χ1v) is 5.68. The smallest absolute Gasteiger partial charge is 0.274 e. The van der Waals surface area contributed by atoms with Gasteiger partial charge in [0.05, 0.1) is 19.0 Å². The number of aromatic nitrogens is 2. The van der Waals surface area contributed by atoms with Gasteiger partial charge in [0.25, 0.3) is 5.91 Å². The Kier molecular flexibility index (Phi) is 5.47. The average Bonchev–Trinajstić information content (AvgIpc) is 2.38. The van der Waals surface area contributed by atoms with Crippen molar-refractivity contribution in [3.8, 4) is 0 Å². The first-order chi connectivity index (χ1) is 8.60. The summed E-state index contributed by atoms with van der Waals surface area (Å²) in [6, 6.07) is 0.0592. The highest BCUT2D eigenvalue weighted by Gasteiger charge is 2.20.